The molecule has 3 aromatic carbocycles. The molecule has 0 aliphatic carbocycles. The standard InChI is InChI=1S/C23H21F2NO3S/c1-3-30(28,29)18-10-8-16(9-11-18)12-22(27)26-17-13-20(24)23(21(25)14-17)19-7-5-4-6-15(19)2/h4-11,13-14H,3,12H2,1-2H3,(H,26,27). The minimum absolute atomic E-state index is 0.0114. The highest BCUT2D eigenvalue weighted by Crippen LogP contribution is 2.31. The summed E-state index contributed by atoms with van der Waals surface area (Å²) in [6.07, 6.45) is -0.0603. The highest BCUT2D eigenvalue weighted by Gasteiger charge is 2.16. The number of carbonyl (C=O) groups excluding carboxylic acids is 1. The first-order valence-electron chi connectivity index (χ1n) is 9.38. The maximum Gasteiger partial charge on any atom is 0.228 e. The zero-order valence-electron chi connectivity index (χ0n) is 16.6. The predicted molar refractivity (Wildman–Crippen MR) is 113 cm³/mol. The van der Waals surface area contributed by atoms with E-state index in [-0.39, 0.29) is 28.3 Å². The number of benzene rings is 3. The van der Waals surface area contributed by atoms with Crippen molar-refractivity contribution in [2.24, 2.45) is 0 Å². The van der Waals surface area contributed by atoms with Crippen LogP contribution >= 0.6 is 0 Å². The highest BCUT2D eigenvalue weighted by molar-refractivity contribution is 7.91. The van der Waals surface area contributed by atoms with E-state index in [2.05, 4.69) is 5.32 Å². The van der Waals surface area contributed by atoms with Crippen LogP contribution in [0, 0.1) is 18.6 Å². The number of anilines is 1. The van der Waals surface area contributed by atoms with Gasteiger partial charge in [0.1, 0.15) is 11.6 Å². The number of hydrogen-bond acceptors (Lipinski definition) is 3. The summed E-state index contributed by atoms with van der Waals surface area (Å²) in [5, 5.41) is 2.48. The van der Waals surface area contributed by atoms with E-state index in [9.17, 15) is 22.0 Å². The van der Waals surface area contributed by atoms with Crippen molar-refractivity contribution in [2.45, 2.75) is 25.2 Å². The van der Waals surface area contributed by atoms with Gasteiger partial charge in [0.2, 0.25) is 5.91 Å². The number of sulfone groups is 1. The molecule has 3 aromatic rings. The smallest absolute Gasteiger partial charge is 0.228 e. The number of rotatable bonds is 6. The molecular formula is C23H21F2NO3S. The monoisotopic (exact) mass is 429 g/mol. The van der Waals surface area contributed by atoms with E-state index in [1.165, 1.54) is 12.1 Å². The third-order valence-electron chi connectivity index (χ3n) is 4.77. The zero-order chi connectivity index (χ0) is 21.9. The lowest BCUT2D eigenvalue weighted by Gasteiger charge is -2.12. The van der Waals surface area contributed by atoms with Gasteiger partial charge in [-0.2, -0.15) is 0 Å². The molecule has 3 rings (SSSR count). The van der Waals surface area contributed by atoms with Crippen molar-refractivity contribution < 1.29 is 22.0 Å². The van der Waals surface area contributed by atoms with Crippen molar-refractivity contribution in [3.63, 3.8) is 0 Å². The maximum absolute atomic E-state index is 14.6. The molecule has 4 nitrogen and oxygen atoms in total. The first-order chi connectivity index (χ1) is 14.2. The topological polar surface area (TPSA) is 63.2 Å². The van der Waals surface area contributed by atoms with Crippen molar-refractivity contribution in [2.75, 3.05) is 11.1 Å². The summed E-state index contributed by atoms with van der Waals surface area (Å²) in [6, 6.07) is 15.0. The Morgan fingerprint density at radius 3 is 2.13 bits per heavy atom. The highest BCUT2D eigenvalue weighted by atomic mass is 32.2. The van der Waals surface area contributed by atoms with Crippen LogP contribution in [0.1, 0.15) is 18.1 Å². The van der Waals surface area contributed by atoms with E-state index in [1.807, 2.05) is 0 Å². The van der Waals surface area contributed by atoms with Gasteiger partial charge in [0.15, 0.2) is 9.84 Å². The summed E-state index contributed by atoms with van der Waals surface area (Å²) in [5.74, 6) is -2.02. The lowest BCUT2D eigenvalue weighted by molar-refractivity contribution is -0.115. The molecule has 156 valence electrons. The average Bonchev–Trinajstić information content (AvgIpc) is 2.69. The average molecular weight is 429 g/mol. The largest absolute Gasteiger partial charge is 0.326 e. The Morgan fingerprint density at radius 1 is 0.967 bits per heavy atom. The Hall–Kier alpha value is -3.06. The van der Waals surface area contributed by atoms with Gasteiger partial charge in [-0.1, -0.05) is 43.3 Å². The van der Waals surface area contributed by atoms with Gasteiger partial charge >= 0.3 is 0 Å². The van der Waals surface area contributed by atoms with Crippen LogP contribution in [-0.2, 0) is 21.1 Å². The first-order valence-corrected chi connectivity index (χ1v) is 11.0. The number of amides is 1. The molecule has 0 saturated heterocycles. The van der Waals surface area contributed by atoms with Crippen LogP contribution in [0.25, 0.3) is 11.1 Å². The van der Waals surface area contributed by atoms with Crippen molar-refractivity contribution in [3.8, 4) is 11.1 Å². The van der Waals surface area contributed by atoms with Crippen LogP contribution < -0.4 is 5.32 Å². The molecule has 0 saturated carbocycles. The summed E-state index contributed by atoms with van der Waals surface area (Å²) in [7, 11) is -3.32. The molecule has 0 fully saturated rings. The van der Waals surface area contributed by atoms with Gasteiger partial charge in [0.05, 0.1) is 22.6 Å². The number of carbonyl (C=O) groups is 1. The minimum atomic E-state index is -3.32. The van der Waals surface area contributed by atoms with Crippen LogP contribution in [0.15, 0.2) is 65.6 Å². The summed E-state index contributed by atoms with van der Waals surface area (Å²) in [4.78, 5) is 12.5. The Morgan fingerprint density at radius 2 is 1.57 bits per heavy atom. The normalized spacial score (nSPS) is 11.3. The molecule has 0 radical (unpaired) electrons. The van der Waals surface area contributed by atoms with Crippen LogP contribution in [0.2, 0.25) is 0 Å². The zero-order valence-corrected chi connectivity index (χ0v) is 17.4. The molecule has 0 atom stereocenters. The fraction of sp³-hybridized carbons (Fsp3) is 0.174. The van der Waals surface area contributed by atoms with Crippen LogP contribution in [-0.4, -0.2) is 20.1 Å². The van der Waals surface area contributed by atoms with Crippen LogP contribution in [0.4, 0.5) is 14.5 Å². The Labute approximate surface area is 174 Å². The lowest BCUT2D eigenvalue weighted by atomic mass is 9.99. The number of nitrogens with one attached hydrogen (secondary N) is 1. The number of halogens is 2. The van der Waals surface area contributed by atoms with E-state index in [0.717, 1.165) is 17.7 Å². The number of hydrogen-bond donors (Lipinski definition) is 1. The van der Waals surface area contributed by atoms with E-state index >= 15 is 0 Å². The molecule has 1 amide bonds. The van der Waals surface area contributed by atoms with Crippen molar-refractivity contribution in [3.05, 3.63) is 83.4 Å². The Kier molecular flexibility index (Phi) is 6.31. The van der Waals surface area contributed by atoms with Gasteiger partial charge in [-0.15, -0.1) is 0 Å². The maximum atomic E-state index is 14.6. The van der Waals surface area contributed by atoms with Crippen molar-refractivity contribution in [1.82, 2.24) is 0 Å². The van der Waals surface area contributed by atoms with Gasteiger partial charge in [-0.05, 0) is 47.9 Å². The second-order valence-electron chi connectivity index (χ2n) is 6.90. The molecule has 1 N–H and O–H groups in total. The van der Waals surface area contributed by atoms with E-state index in [0.29, 0.717) is 11.1 Å². The molecule has 0 aliphatic heterocycles. The first kappa shape index (κ1) is 21.6. The van der Waals surface area contributed by atoms with Gasteiger partial charge in [0.25, 0.3) is 0 Å². The molecule has 0 heterocycles. The van der Waals surface area contributed by atoms with E-state index in [1.54, 1.807) is 50.2 Å². The minimum Gasteiger partial charge on any atom is -0.326 e. The Bertz CT molecular complexity index is 1170. The summed E-state index contributed by atoms with van der Waals surface area (Å²) in [6.45, 7) is 3.32. The van der Waals surface area contributed by atoms with Crippen LogP contribution in [0.5, 0.6) is 0 Å². The predicted octanol–water partition coefficient (Wildman–Crippen LogP) is 4.92. The summed E-state index contributed by atoms with van der Waals surface area (Å²) in [5.41, 5.74) is 1.64. The fourth-order valence-corrected chi connectivity index (χ4v) is 4.01. The molecular weight excluding hydrogens is 408 g/mol. The quantitative estimate of drug-likeness (QED) is 0.605. The Balaban J connectivity index is 1.75. The van der Waals surface area contributed by atoms with Crippen molar-refractivity contribution >= 4 is 21.4 Å². The second-order valence-corrected chi connectivity index (χ2v) is 9.18. The van der Waals surface area contributed by atoms with Gasteiger partial charge < -0.3 is 5.32 Å². The molecule has 30 heavy (non-hydrogen) atoms. The van der Waals surface area contributed by atoms with Gasteiger partial charge in [-0.25, -0.2) is 17.2 Å². The van der Waals surface area contributed by atoms with Gasteiger partial charge in [-0.3, -0.25) is 4.79 Å². The summed E-state index contributed by atoms with van der Waals surface area (Å²) >= 11 is 0. The molecule has 0 bridgehead atoms. The van der Waals surface area contributed by atoms with E-state index in [4.69, 9.17) is 0 Å². The SMILES string of the molecule is CCS(=O)(=O)c1ccc(CC(=O)Nc2cc(F)c(-c3ccccc3C)c(F)c2)cc1. The molecule has 0 unspecified atom stereocenters. The number of aryl methyl sites for hydroxylation is 1. The lowest BCUT2D eigenvalue weighted by Crippen LogP contribution is -2.15. The molecule has 0 spiro atoms. The molecule has 0 aliphatic rings. The molecule has 0 aromatic heterocycles. The van der Waals surface area contributed by atoms with E-state index < -0.39 is 27.4 Å². The third kappa shape index (κ3) is 4.74. The fourth-order valence-electron chi connectivity index (χ4n) is 3.13. The van der Waals surface area contributed by atoms with Crippen LogP contribution in [0.3, 0.4) is 0 Å². The third-order valence-corrected chi connectivity index (χ3v) is 6.52. The second kappa shape index (κ2) is 8.75. The van der Waals surface area contributed by atoms with Crippen molar-refractivity contribution in [1.29, 1.82) is 0 Å². The van der Waals surface area contributed by atoms with Gasteiger partial charge in [0, 0.05) is 5.69 Å². The molecule has 7 heteroatoms. The summed E-state index contributed by atoms with van der Waals surface area (Å²) < 4.78 is 52.9.